The zero-order valence-electron chi connectivity index (χ0n) is 14.1. The molecule has 1 fully saturated rings. The summed E-state index contributed by atoms with van der Waals surface area (Å²) in [6.45, 7) is 4.85. The molecule has 6 heteroatoms. The molecular weight excluding hydrogens is 402 g/mol. The number of aromatic nitrogens is 1. The quantitative estimate of drug-likeness (QED) is 0.779. The van der Waals surface area contributed by atoms with Gasteiger partial charge in [0.2, 0.25) is 0 Å². The van der Waals surface area contributed by atoms with Crippen LogP contribution in [0.1, 0.15) is 35.7 Å². The number of nitrogens with zero attached hydrogens (tertiary/aromatic N) is 2. The maximum atomic E-state index is 12.3. The van der Waals surface area contributed by atoms with Crippen LogP contribution in [0.2, 0.25) is 5.02 Å². The van der Waals surface area contributed by atoms with Gasteiger partial charge in [0.25, 0.3) is 5.91 Å². The van der Waals surface area contributed by atoms with Gasteiger partial charge in [0.05, 0.1) is 10.6 Å². The van der Waals surface area contributed by atoms with Crippen molar-refractivity contribution in [1.29, 1.82) is 0 Å². The molecule has 0 radical (unpaired) electrons. The van der Waals surface area contributed by atoms with Gasteiger partial charge in [0.1, 0.15) is 5.82 Å². The summed E-state index contributed by atoms with van der Waals surface area (Å²) in [6, 6.07) is 9.28. The topological polar surface area (TPSA) is 45.2 Å². The third-order valence-corrected chi connectivity index (χ3v) is 5.35. The number of hydrogen-bond donors (Lipinski definition) is 1. The highest BCUT2D eigenvalue weighted by atomic mass is 79.9. The molecule has 0 bridgehead atoms. The van der Waals surface area contributed by atoms with Gasteiger partial charge in [-0.2, -0.15) is 0 Å². The van der Waals surface area contributed by atoms with Crippen LogP contribution in [0.3, 0.4) is 0 Å². The first-order valence-corrected chi connectivity index (χ1v) is 9.63. The van der Waals surface area contributed by atoms with Gasteiger partial charge in [-0.05, 0) is 48.6 Å². The average molecular weight is 423 g/mol. The van der Waals surface area contributed by atoms with Crippen LogP contribution in [0.15, 0.2) is 41.0 Å². The molecular formula is C19H21BrClN3O. The molecule has 1 saturated heterocycles. The molecule has 0 saturated carbocycles. The lowest BCUT2D eigenvalue weighted by Gasteiger charge is -2.31. The first kappa shape index (κ1) is 18.2. The Labute approximate surface area is 161 Å². The van der Waals surface area contributed by atoms with Gasteiger partial charge >= 0.3 is 0 Å². The highest BCUT2D eigenvalue weighted by Crippen LogP contribution is 2.22. The number of rotatable bonds is 4. The number of hydrogen-bond acceptors (Lipinski definition) is 3. The van der Waals surface area contributed by atoms with Gasteiger partial charge < -0.3 is 10.2 Å². The summed E-state index contributed by atoms with van der Waals surface area (Å²) >= 11 is 9.45. The van der Waals surface area contributed by atoms with Crippen LogP contribution in [0.25, 0.3) is 0 Å². The van der Waals surface area contributed by atoms with Gasteiger partial charge in [-0.1, -0.05) is 40.5 Å². The largest absolute Gasteiger partial charge is 0.357 e. The molecule has 0 atom stereocenters. The molecule has 132 valence electrons. The normalized spacial score (nSPS) is 15.2. The van der Waals surface area contributed by atoms with E-state index in [4.69, 9.17) is 11.6 Å². The molecule has 1 aromatic carbocycles. The Morgan fingerprint density at radius 1 is 1.32 bits per heavy atom. The number of carbonyl (C=O) groups is 1. The molecule has 25 heavy (non-hydrogen) atoms. The van der Waals surface area contributed by atoms with Crippen molar-refractivity contribution in [3.05, 3.63) is 57.2 Å². The predicted octanol–water partition coefficient (Wildman–Crippen LogP) is 4.66. The van der Waals surface area contributed by atoms with E-state index in [2.05, 4.69) is 38.1 Å². The van der Waals surface area contributed by atoms with Crippen LogP contribution in [-0.4, -0.2) is 24.0 Å². The van der Waals surface area contributed by atoms with E-state index < -0.39 is 0 Å². The maximum Gasteiger partial charge on any atom is 0.253 e. The lowest BCUT2D eigenvalue weighted by molar-refractivity contribution is 0.0951. The van der Waals surface area contributed by atoms with Crippen LogP contribution in [0.4, 0.5) is 5.82 Å². The van der Waals surface area contributed by atoms with Crippen LogP contribution in [-0.2, 0) is 6.54 Å². The number of halogens is 2. The van der Waals surface area contributed by atoms with Crippen molar-refractivity contribution in [1.82, 2.24) is 10.3 Å². The molecule has 0 unspecified atom stereocenters. The number of anilines is 1. The Balaban J connectivity index is 1.57. The van der Waals surface area contributed by atoms with Gasteiger partial charge in [-0.3, -0.25) is 4.79 Å². The average Bonchev–Trinajstić information content (AvgIpc) is 2.61. The van der Waals surface area contributed by atoms with Crippen LogP contribution in [0, 0.1) is 5.92 Å². The first-order valence-electron chi connectivity index (χ1n) is 8.46. The minimum absolute atomic E-state index is 0.188. The highest BCUT2D eigenvalue weighted by Gasteiger charge is 2.16. The van der Waals surface area contributed by atoms with Crippen molar-refractivity contribution in [2.24, 2.45) is 5.92 Å². The van der Waals surface area contributed by atoms with Gasteiger partial charge in [-0.15, -0.1) is 0 Å². The van der Waals surface area contributed by atoms with Gasteiger partial charge in [0.15, 0.2) is 0 Å². The minimum atomic E-state index is -0.188. The summed E-state index contributed by atoms with van der Waals surface area (Å²) in [4.78, 5) is 19.1. The van der Waals surface area contributed by atoms with E-state index in [9.17, 15) is 4.79 Å². The molecule has 1 aliphatic heterocycles. The molecule has 2 heterocycles. The number of benzene rings is 1. The predicted molar refractivity (Wildman–Crippen MR) is 105 cm³/mol. The van der Waals surface area contributed by atoms with E-state index in [1.165, 1.54) is 12.8 Å². The van der Waals surface area contributed by atoms with Crippen molar-refractivity contribution < 1.29 is 4.79 Å². The maximum absolute atomic E-state index is 12.3. The Bertz CT molecular complexity index is 743. The van der Waals surface area contributed by atoms with E-state index in [0.29, 0.717) is 17.1 Å². The summed E-state index contributed by atoms with van der Waals surface area (Å²) in [5, 5.41) is 3.32. The zero-order valence-corrected chi connectivity index (χ0v) is 16.5. The monoisotopic (exact) mass is 421 g/mol. The smallest absolute Gasteiger partial charge is 0.253 e. The van der Waals surface area contributed by atoms with Gasteiger partial charge in [0, 0.05) is 30.3 Å². The van der Waals surface area contributed by atoms with Crippen molar-refractivity contribution in [2.45, 2.75) is 26.3 Å². The summed E-state index contributed by atoms with van der Waals surface area (Å²) < 4.78 is 0.848. The SMILES string of the molecule is CC1CCN(c2ccc(CNC(=O)c3ccc(Br)cc3Cl)cn2)CC1. The lowest BCUT2D eigenvalue weighted by atomic mass is 9.99. The summed E-state index contributed by atoms with van der Waals surface area (Å²) in [7, 11) is 0. The Morgan fingerprint density at radius 2 is 2.08 bits per heavy atom. The van der Waals surface area contributed by atoms with Crippen LogP contribution in [0.5, 0.6) is 0 Å². The minimum Gasteiger partial charge on any atom is -0.357 e. The van der Waals surface area contributed by atoms with Crippen molar-refractivity contribution in [3.8, 4) is 0 Å². The van der Waals surface area contributed by atoms with Crippen LogP contribution >= 0.6 is 27.5 Å². The molecule has 0 spiro atoms. The molecule has 2 aromatic rings. The summed E-state index contributed by atoms with van der Waals surface area (Å²) in [5.41, 5.74) is 1.44. The third kappa shape index (κ3) is 4.73. The van der Waals surface area contributed by atoms with E-state index in [1.807, 2.05) is 18.3 Å². The van der Waals surface area contributed by atoms with E-state index in [1.54, 1.807) is 18.2 Å². The molecule has 1 N–H and O–H groups in total. The number of pyridine rings is 1. The van der Waals surface area contributed by atoms with Crippen molar-refractivity contribution in [2.75, 3.05) is 18.0 Å². The highest BCUT2D eigenvalue weighted by molar-refractivity contribution is 9.10. The standard InChI is InChI=1S/C19H21BrClN3O/c1-13-6-8-24(9-7-13)18-5-2-14(11-22-18)12-23-19(25)16-4-3-15(20)10-17(16)21/h2-5,10-11,13H,6-9,12H2,1H3,(H,23,25). The second-order valence-corrected chi connectivity index (χ2v) is 7.82. The number of piperidine rings is 1. The fraction of sp³-hybridized carbons (Fsp3) is 0.368. The second kappa shape index (κ2) is 8.19. The van der Waals surface area contributed by atoms with Crippen molar-refractivity contribution >= 4 is 39.3 Å². The second-order valence-electron chi connectivity index (χ2n) is 6.50. The fourth-order valence-electron chi connectivity index (χ4n) is 2.90. The summed E-state index contributed by atoms with van der Waals surface area (Å²) in [5.74, 6) is 1.63. The molecule has 1 aromatic heterocycles. The van der Waals surface area contributed by atoms with E-state index in [0.717, 1.165) is 34.9 Å². The molecule has 4 nitrogen and oxygen atoms in total. The van der Waals surface area contributed by atoms with Crippen LogP contribution < -0.4 is 10.2 Å². The Kier molecular flexibility index (Phi) is 5.97. The number of amides is 1. The molecule has 0 aliphatic carbocycles. The molecule has 3 rings (SSSR count). The third-order valence-electron chi connectivity index (χ3n) is 4.55. The Hall–Kier alpha value is -1.59. The lowest BCUT2D eigenvalue weighted by Crippen LogP contribution is -2.33. The first-order chi connectivity index (χ1) is 12.0. The fourth-order valence-corrected chi connectivity index (χ4v) is 3.66. The number of nitrogens with one attached hydrogen (secondary N) is 1. The number of carbonyl (C=O) groups excluding carboxylic acids is 1. The summed E-state index contributed by atoms with van der Waals surface area (Å²) in [6.07, 6.45) is 4.26. The Morgan fingerprint density at radius 3 is 2.72 bits per heavy atom. The van der Waals surface area contributed by atoms with E-state index in [-0.39, 0.29) is 5.91 Å². The van der Waals surface area contributed by atoms with Crippen molar-refractivity contribution in [3.63, 3.8) is 0 Å². The molecule has 1 amide bonds. The molecule has 1 aliphatic rings. The van der Waals surface area contributed by atoms with E-state index >= 15 is 0 Å². The zero-order chi connectivity index (χ0) is 17.8. The van der Waals surface area contributed by atoms with Gasteiger partial charge in [-0.25, -0.2) is 4.98 Å².